The highest BCUT2D eigenvalue weighted by atomic mass is 16.6. The molecule has 1 amide bonds. The second kappa shape index (κ2) is 2.95. The van der Waals surface area contributed by atoms with Crippen LogP contribution in [0.1, 0.15) is 0 Å². The maximum absolute atomic E-state index is 10.3. The highest BCUT2D eigenvalue weighted by Crippen LogP contribution is 1.98. The molecule has 0 radical (unpaired) electrons. The summed E-state index contributed by atoms with van der Waals surface area (Å²) in [6.07, 6.45) is 1.07. The molecule has 8 nitrogen and oxygen atoms in total. The van der Waals surface area contributed by atoms with Crippen LogP contribution >= 0.6 is 0 Å². The predicted molar refractivity (Wildman–Crippen MR) is 35.9 cm³/mol. The van der Waals surface area contributed by atoms with Crippen molar-refractivity contribution in [1.29, 1.82) is 0 Å². The fourth-order valence-corrected chi connectivity index (χ4v) is 0.604. The average Bonchev–Trinajstić information content (AvgIpc) is 2.34. The first-order valence-corrected chi connectivity index (χ1v) is 2.91. The van der Waals surface area contributed by atoms with Crippen molar-refractivity contribution in [3.8, 4) is 0 Å². The van der Waals surface area contributed by atoms with Gasteiger partial charge in [0.15, 0.2) is 0 Å². The lowest BCUT2D eigenvalue weighted by Gasteiger charge is -1.87. The van der Waals surface area contributed by atoms with Crippen LogP contribution in [0.2, 0.25) is 0 Å². The molecule has 1 heterocycles. The summed E-state index contributed by atoms with van der Waals surface area (Å²) in [5.41, 5.74) is 4.81. The van der Waals surface area contributed by atoms with Crippen molar-refractivity contribution < 1.29 is 9.72 Å². The Labute approximate surface area is 66.1 Å². The number of carbonyl (C=O) groups excluding carboxylic acids is 1. The number of rotatable bonds is 3. The van der Waals surface area contributed by atoms with Crippen LogP contribution in [0.25, 0.3) is 0 Å². The van der Waals surface area contributed by atoms with Crippen LogP contribution in [0.4, 0.5) is 5.95 Å². The molecule has 0 aliphatic carbocycles. The van der Waals surface area contributed by atoms with E-state index in [0.717, 1.165) is 11.0 Å². The standard InChI is InChI=1S/C4H5N5O3/c5-3(10)1-8-2-6-4(7-8)9(11)12/h2H,1H2,(H2,5,10). The Balaban J connectivity index is 2.77. The molecule has 1 rings (SSSR count). The number of primary amides is 1. The molecule has 12 heavy (non-hydrogen) atoms. The van der Waals surface area contributed by atoms with E-state index in [-0.39, 0.29) is 6.54 Å². The van der Waals surface area contributed by atoms with Gasteiger partial charge >= 0.3 is 5.95 Å². The van der Waals surface area contributed by atoms with E-state index < -0.39 is 16.8 Å². The molecule has 1 aromatic rings. The Hall–Kier alpha value is -1.99. The summed E-state index contributed by atoms with van der Waals surface area (Å²) in [5, 5.41) is 13.4. The second-order valence-corrected chi connectivity index (χ2v) is 1.97. The third-order valence-electron chi connectivity index (χ3n) is 1.01. The summed E-state index contributed by atoms with van der Waals surface area (Å²) >= 11 is 0. The highest BCUT2D eigenvalue weighted by molar-refractivity contribution is 5.73. The lowest BCUT2D eigenvalue weighted by Crippen LogP contribution is -2.18. The zero-order chi connectivity index (χ0) is 9.14. The fraction of sp³-hybridized carbons (Fsp3) is 0.250. The molecular formula is C4H5N5O3. The van der Waals surface area contributed by atoms with E-state index in [1.54, 1.807) is 0 Å². The van der Waals surface area contributed by atoms with Crippen LogP contribution in [0.15, 0.2) is 6.33 Å². The van der Waals surface area contributed by atoms with Crippen LogP contribution in [0.3, 0.4) is 0 Å². The number of nitrogens with two attached hydrogens (primary N) is 1. The first-order chi connectivity index (χ1) is 5.59. The van der Waals surface area contributed by atoms with E-state index in [1.165, 1.54) is 0 Å². The van der Waals surface area contributed by atoms with Gasteiger partial charge in [0.1, 0.15) is 6.54 Å². The molecule has 8 heteroatoms. The van der Waals surface area contributed by atoms with E-state index in [9.17, 15) is 14.9 Å². The van der Waals surface area contributed by atoms with Crippen molar-refractivity contribution in [2.45, 2.75) is 6.54 Å². The maximum atomic E-state index is 10.3. The Morgan fingerprint density at radius 3 is 2.92 bits per heavy atom. The van der Waals surface area contributed by atoms with Gasteiger partial charge in [0.2, 0.25) is 12.2 Å². The minimum Gasteiger partial charge on any atom is -0.390 e. The Morgan fingerprint density at radius 1 is 1.83 bits per heavy atom. The molecule has 0 fully saturated rings. The van der Waals surface area contributed by atoms with Gasteiger partial charge in [0.05, 0.1) is 0 Å². The van der Waals surface area contributed by atoms with Crippen LogP contribution in [-0.2, 0) is 11.3 Å². The second-order valence-electron chi connectivity index (χ2n) is 1.97. The number of nitro groups is 1. The summed E-state index contributed by atoms with van der Waals surface area (Å²) in [7, 11) is 0. The van der Waals surface area contributed by atoms with E-state index in [2.05, 4.69) is 10.1 Å². The van der Waals surface area contributed by atoms with Gasteiger partial charge in [0.25, 0.3) is 0 Å². The van der Waals surface area contributed by atoms with Crippen molar-refractivity contribution in [3.63, 3.8) is 0 Å². The number of nitrogens with zero attached hydrogens (tertiary/aromatic N) is 4. The van der Waals surface area contributed by atoms with E-state index in [4.69, 9.17) is 5.73 Å². The van der Waals surface area contributed by atoms with Gasteiger partial charge in [-0.3, -0.25) is 4.79 Å². The van der Waals surface area contributed by atoms with Gasteiger partial charge in [-0.05, 0) is 4.92 Å². The lowest BCUT2D eigenvalue weighted by atomic mass is 10.6. The van der Waals surface area contributed by atoms with Gasteiger partial charge in [-0.25, -0.2) is 0 Å². The summed E-state index contributed by atoms with van der Waals surface area (Å²) in [5.74, 6) is -1.17. The third kappa shape index (κ3) is 1.75. The SMILES string of the molecule is NC(=O)Cn1cnc([N+](=O)[O-])n1. The topological polar surface area (TPSA) is 117 Å². The largest absolute Gasteiger partial charge is 0.490 e. The number of hydrogen-bond acceptors (Lipinski definition) is 5. The fourth-order valence-electron chi connectivity index (χ4n) is 0.604. The summed E-state index contributed by atoms with van der Waals surface area (Å²) < 4.78 is 1.00. The molecule has 0 aliphatic heterocycles. The first-order valence-electron chi connectivity index (χ1n) is 2.91. The van der Waals surface area contributed by atoms with E-state index in [1.807, 2.05) is 0 Å². The molecule has 64 valence electrons. The molecule has 0 unspecified atom stereocenters. The number of carbonyl (C=O) groups is 1. The van der Waals surface area contributed by atoms with Gasteiger partial charge in [0, 0.05) is 5.10 Å². The molecule has 0 spiro atoms. The molecular weight excluding hydrogens is 166 g/mol. The number of aromatic nitrogens is 3. The summed E-state index contributed by atoms with van der Waals surface area (Å²) in [4.78, 5) is 22.9. The van der Waals surface area contributed by atoms with Gasteiger partial charge in [-0.1, -0.05) is 4.98 Å². The number of hydrogen-bond donors (Lipinski definition) is 1. The molecule has 2 N–H and O–H groups in total. The highest BCUT2D eigenvalue weighted by Gasteiger charge is 2.13. The van der Waals surface area contributed by atoms with Crippen LogP contribution in [-0.4, -0.2) is 25.6 Å². The minimum absolute atomic E-state index is 0.208. The zero-order valence-electron chi connectivity index (χ0n) is 5.88. The summed E-state index contributed by atoms with van der Waals surface area (Å²) in [6, 6.07) is 0. The molecule has 0 bridgehead atoms. The Kier molecular flexibility index (Phi) is 1.99. The van der Waals surface area contributed by atoms with Crippen LogP contribution < -0.4 is 5.73 Å². The Morgan fingerprint density at radius 2 is 2.50 bits per heavy atom. The molecule has 0 aliphatic rings. The Bertz CT molecular complexity index is 318. The third-order valence-corrected chi connectivity index (χ3v) is 1.01. The van der Waals surface area contributed by atoms with Crippen molar-refractivity contribution >= 4 is 11.9 Å². The zero-order valence-corrected chi connectivity index (χ0v) is 5.88. The van der Waals surface area contributed by atoms with E-state index >= 15 is 0 Å². The summed E-state index contributed by atoms with van der Waals surface area (Å²) in [6.45, 7) is -0.208. The van der Waals surface area contributed by atoms with Crippen molar-refractivity contribution in [1.82, 2.24) is 14.8 Å². The van der Waals surface area contributed by atoms with Crippen molar-refractivity contribution in [2.24, 2.45) is 5.73 Å². The quantitative estimate of drug-likeness (QED) is 0.446. The minimum atomic E-state index is -0.752. The van der Waals surface area contributed by atoms with Gasteiger partial charge in [-0.15, -0.1) is 0 Å². The van der Waals surface area contributed by atoms with Crippen molar-refractivity contribution in [3.05, 3.63) is 16.4 Å². The van der Waals surface area contributed by atoms with E-state index in [0.29, 0.717) is 0 Å². The van der Waals surface area contributed by atoms with Crippen LogP contribution in [0, 0.1) is 10.1 Å². The molecule has 0 aromatic carbocycles. The molecule has 1 aromatic heterocycles. The number of amides is 1. The molecule has 0 atom stereocenters. The monoisotopic (exact) mass is 171 g/mol. The predicted octanol–water partition coefficient (Wildman–Crippen LogP) is -1.33. The van der Waals surface area contributed by atoms with Gasteiger partial charge < -0.3 is 15.8 Å². The van der Waals surface area contributed by atoms with Crippen LogP contribution in [0.5, 0.6) is 0 Å². The molecule has 0 saturated carbocycles. The average molecular weight is 171 g/mol. The maximum Gasteiger partial charge on any atom is 0.490 e. The van der Waals surface area contributed by atoms with Crippen molar-refractivity contribution in [2.75, 3.05) is 0 Å². The normalized spacial score (nSPS) is 9.67. The lowest BCUT2D eigenvalue weighted by molar-refractivity contribution is -0.394. The molecule has 0 saturated heterocycles. The van der Waals surface area contributed by atoms with Gasteiger partial charge in [-0.2, -0.15) is 4.68 Å². The first kappa shape index (κ1) is 8.11. The smallest absolute Gasteiger partial charge is 0.390 e.